The minimum atomic E-state index is -0.230. The predicted molar refractivity (Wildman–Crippen MR) is 146 cm³/mol. The van der Waals surface area contributed by atoms with Crippen LogP contribution in [0.3, 0.4) is 0 Å². The van der Waals surface area contributed by atoms with Crippen LogP contribution in [0.2, 0.25) is 0 Å². The molecule has 1 amide bonds. The zero-order valence-corrected chi connectivity index (χ0v) is 22.8. The summed E-state index contributed by atoms with van der Waals surface area (Å²) in [5, 5.41) is 4.11. The van der Waals surface area contributed by atoms with E-state index >= 15 is 0 Å². The molecule has 1 N–H and O–H groups in total. The molecule has 0 atom stereocenters. The van der Waals surface area contributed by atoms with E-state index in [1.54, 1.807) is 6.21 Å². The highest BCUT2D eigenvalue weighted by Crippen LogP contribution is 2.35. The number of hydrazone groups is 1. The summed E-state index contributed by atoms with van der Waals surface area (Å²) < 4.78 is 24.9. The topological polar surface area (TPSA) is 78.4 Å². The summed E-state index contributed by atoms with van der Waals surface area (Å²) in [6.45, 7) is 3.88. The van der Waals surface area contributed by atoms with E-state index in [0.29, 0.717) is 49.4 Å². The standard InChI is InChI=1S/C26H24BrIN2O5/c1-2-32-24-13-19(11-21(28)26(24)35-16-17-3-6-20(27)7-4-17)15-29-30-25(31)14-18-5-8-22-23(12-18)34-10-9-33-22/h3-8,11-13,15H,2,9-10,14,16H2,1H3,(H,30,31)/b29-15+. The maximum atomic E-state index is 12.4. The number of hydrogen-bond donors (Lipinski definition) is 1. The van der Waals surface area contributed by atoms with Crippen LogP contribution in [0.1, 0.15) is 23.6 Å². The van der Waals surface area contributed by atoms with Crippen LogP contribution in [-0.4, -0.2) is 31.9 Å². The van der Waals surface area contributed by atoms with Gasteiger partial charge >= 0.3 is 0 Å². The number of rotatable bonds is 9. The number of nitrogens with one attached hydrogen (secondary N) is 1. The molecule has 0 radical (unpaired) electrons. The highest BCUT2D eigenvalue weighted by molar-refractivity contribution is 14.1. The van der Waals surface area contributed by atoms with Crippen LogP contribution in [0.5, 0.6) is 23.0 Å². The molecule has 0 fully saturated rings. The smallest absolute Gasteiger partial charge is 0.244 e. The molecule has 7 nitrogen and oxygen atoms in total. The highest BCUT2D eigenvalue weighted by atomic mass is 127. The first-order valence-corrected chi connectivity index (χ1v) is 12.9. The number of carbonyl (C=O) groups excluding carboxylic acids is 1. The fourth-order valence-corrected chi connectivity index (χ4v) is 4.45. The maximum absolute atomic E-state index is 12.4. The third kappa shape index (κ3) is 7.11. The SMILES string of the molecule is CCOc1cc(/C=N/NC(=O)Cc2ccc3c(c2)OCCO3)cc(I)c1OCc1ccc(Br)cc1. The number of hydrogen-bond acceptors (Lipinski definition) is 6. The van der Waals surface area contributed by atoms with Crippen LogP contribution in [0, 0.1) is 3.57 Å². The lowest BCUT2D eigenvalue weighted by Gasteiger charge is -2.18. The fourth-order valence-electron chi connectivity index (χ4n) is 3.40. The molecule has 9 heteroatoms. The number of benzene rings is 3. The Morgan fingerprint density at radius 3 is 2.57 bits per heavy atom. The van der Waals surface area contributed by atoms with Gasteiger partial charge in [-0.1, -0.05) is 34.1 Å². The summed E-state index contributed by atoms with van der Waals surface area (Å²) in [6, 6.07) is 17.2. The van der Waals surface area contributed by atoms with Crippen molar-refractivity contribution in [3.63, 3.8) is 0 Å². The Morgan fingerprint density at radius 2 is 1.80 bits per heavy atom. The summed E-state index contributed by atoms with van der Waals surface area (Å²) in [4.78, 5) is 12.4. The van der Waals surface area contributed by atoms with Crippen LogP contribution in [0.25, 0.3) is 0 Å². The Balaban J connectivity index is 1.38. The third-order valence-electron chi connectivity index (χ3n) is 5.00. The van der Waals surface area contributed by atoms with E-state index in [2.05, 4.69) is 49.0 Å². The van der Waals surface area contributed by atoms with Crippen LogP contribution < -0.4 is 24.4 Å². The monoisotopic (exact) mass is 650 g/mol. The molecule has 0 saturated heterocycles. The molecule has 1 heterocycles. The number of halogens is 2. The van der Waals surface area contributed by atoms with Gasteiger partial charge in [0.05, 0.1) is 22.8 Å². The molecule has 4 rings (SSSR count). The Labute approximate surface area is 226 Å². The summed E-state index contributed by atoms with van der Waals surface area (Å²) in [7, 11) is 0. The van der Waals surface area contributed by atoms with Crippen LogP contribution in [-0.2, 0) is 17.8 Å². The molecule has 3 aromatic rings. The first kappa shape index (κ1) is 25.3. The van der Waals surface area contributed by atoms with Crippen LogP contribution in [0.4, 0.5) is 0 Å². The quantitative estimate of drug-likeness (QED) is 0.188. The summed E-state index contributed by atoms with van der Waals surface area (Å²) in [5.41, 5.74) is 5.24. The van der Waals surface area contributed by atoms with Crippen LogP contribution in [0.15, 0.2) is 64.2 Å². The number of amides is 1. The van der Waals surface area contributed by atoms with E-state index in [9.17, 15) is 4.79 Å². The highest BCUT2D eigenvalue weighted by Gasteiger charge is 2.14. The number of ether oxygens (including phenoxy) is 4. The van der Waals surface area contributed by atoms with Gasteiger partial charge in [-0.05, 0) is 82.6 Å². The van der Waals surface area contributed by atoms with Crippen molar-refractivity contribution in [3.8, 4) is 23.0 Å². The van der Waals surface area contributed by atoms with Crippen molar-refractivity contribution < 1.29 is 23.7 Å². The van der Waals surface area contributed by atoms with E-state index in [-0.39, 0.29) is 12.3 Å². The van der Waals surface area contributed by atoms with Gasteiger partial charge < -0.3 is 18.9 Å². The first-order valence-electron chi connectivity index (χ1n) is 11.1. The lowest BCUT2D eigenvalue weighted by atomic mass is 10.1. The normalized spacial score (nSPS) is 12.4. The van der Waals surface area contributed by atoms with Gasteiger partial charge in [0, 0.05) is 4.47 Å². The van der Waals surface area contributed by atoms with Gasteiger partial charge in [-0.2, -0.15) is 5.10 Å². The van der Waals surface area contributed by atoms with E-state index in [1.165, 1.54) is 0 Å². The molecule has 1 aliphatic heterocycles. The average Bonchev–Trinajstić information content (AvgIpc) is 2.85. The van der Waals surface area contributed by atoms with Crippen molar-refractivity contribution in [2.24, 2.45) is 5.10 Å². The second-order valence-electron chi connectivity index (χ2n) is 7.63. The summed E-state index contributed by atoms with van der Waals surface area (Å²) >= 11 is 5.66. The molecule has 0 aromatic heterocycles. The van der Waals surface area contributed by atoms with Crippen molar-refractivity contribution in [2.75, 3.05) is 19.8 Å². The van der Waals surface area contributed by atoms with Crippen molar-refractivity contribution in [2.45, 2.75) is 20.0 Å². The van der Waals surface area contributed by atoms with Crippen molar-refractivity contribution in [3.05, 3.63) is 79.3 Å². The van der Waals surface area contributed by atoms with Gasteiger partial charge in [0.1, 0.15) is 19.8 Å². The lowest BCUT2D eigenvalue weighted by Crippen LogP contribution is -2.20. The van der Waals surface area contributed by atoms with Crippen molar-refractivity contribution in [1.82, 2.24) is 5.43 Å². The van der Waals surface area contributed by atoms with E-state index < -0.39 is 0 Å². The summed E-state index contributed by atoms with van der Waals surface area (Å²) in [5.74, 6) is 2.43. The van der Waals surface area contributed by atoms with E-state index in [0.717, 1.165) is 24.7 Å². The molecule has 0 bridgehead atoms. The lowest BCUT2D eigenvalue weighted by molar-refractivity contribution is -0.120. The molecule has 0 unspecified atom stereocenters. The van der Waals surface area contributed by atoms with Gasteiger partial charge in [-0.25, -0.2) is 5.43 Å². The molecular weight excluding hydrogens is 627 g/mol. The molecule has 0 aliphatic carbocycles. The summed E-state index contributed by atoms with van der Waals surface area (Å²) in [6.07, 6.45) is 1.77. The number of carbonyl (C=O) groups is 1. The van der Waals surface area contributed by atoms with Gasteiger partial charge in [-0.3, -0.25) is 4.79 Å². The second-order valence-corrected chi connectivity index (χ2v) is 9.70. The average molecular weight is 651 g/mol. The van der Waals surface area contributed by atoms with Gasteiger partial charge in [0.15, 0.2) is 23.0 Å². The Morgan fingerprint density at radius 1 is 1.06 bits per heavy atom. The molecule has 0 saturated carbocycles. The van der Waals surface area contributed by atoms with Gasteiger partial charge in [0.2, 0.25) is 5.91 Å². The molecule has 0 spiro atoms. The van der Waals surface area contributed by atoms with Crippen LogP contribution >= 0.6 is 38.5 Å². The molecule has 1 aliphatic rings. The number of nitrogens with zero attached hydrogens (tertiary/aromatic N) is 1. The van der Waals surface area contributed by atoms with Gasteiger partial charge in [0.25, 0.3) is 0 Å². The fraction of sp³-hybridized carbons (Fsp3) is 0.231. The van der Waals surface area contributed by atoms with Gasteiger partial charge in [-0.15, -0.1) is 0 Å². The second kappa shape index (κ2) is 12.3. The zero-order chi connectivity index (χ0) is 24.6. The van der Waals surface area contributed by atoms with Crippen molar-refractivity contribution in [1.29, 1.82) is 0 Å². The Bertz CT molecular complexity index is 1220. The maximum Gasteiger partial charge on any atom is 0.244 e. The van der Waals surface area contributed by atoms with Crippen molar-refractivity contribution >= 4 is 50.6 Å². The Kier molecular flexibility index (Phi) is 8.86. The molecule has 3 aromatic carbocycles. The van der Waals surface area contributed by atoms with E-state index in [1.807, 2.05) is 61.5 Å². The number of fused-ring (bicyclic) bond motifs is 1. The molecular formula is C26H24BrIN2O5. The minimum absolute atomic E-state index is 0.179. The Hall–Kier alpha value is -2.79. The molecule has 182 valence electrons. The predicted octanol–water partition coefficient (Wildman–Crippen LogP) is 5.50. The zero-order valence-electron chi connectivity index (χ0n) is 19.1. The van der Waals surface area contributed by atoms with E-state index in [4.69, 9.17) is 18.9 Å². The third-order valence-corrected chi connectivity index (χ3v) is 6.33. The first-order chi connectivity index (χ1) is 17.0. The largest absolute Gasteiger partial charge is 0.490 e. The minimum Gasteiger partial charge on any atom is -0.490 e. The molecule has 35 heavy (non-hydrogen) atoms.